The third-order valence-electron chi connectivity index (χ3n) is 3.66. The minimum absolute atomic E-state index is 0.103. The SMILES string of the molecule is Cc1cc(CCNC(=O)N2CCOc3cccc(Br)c3C2)on1. The summed E-state index contributed by atoms with van der Waals surface area (Å²) in [6.45, 7) is 3.93. The molecule has 2 heterocycles. The Morgan fingerprint density at radius 3 is 3.13 bits per heavy atom. The molecule has 0 fully saturated rings. The number of nitrogens with zero attached hydrogens (tertiary/aromatic N) is 2. The molecule has 2 amide bonds. The van der Waals surface area contributed by atoms with Gasteiger partial charge in [-0.2, -0.15) is 0 Å². The van der Waals surface area contributed by atoms with Crippen LogP contribution in [0.5, 0.6) is 5.75 Å². The molecule has 0 atom stereocenters. The Morgan fingerprint density at radius 2 is 2.35 bits per heavy atom. The molecule has 0 saturated carbocycles. The zero-order chi connectivity index (χ0) is 16.2. The normalized spacial score (nSPS) is 13.9. The Balaban J connectivity index is 1.58. The van der Waals surface area contributed by atoms with E-state index in [4.69, 9.17) is 9.26 Å². The Hall–Kier alpha value is -2.02. The molecule has 1 aliphatic heterocycles. The number of urea groups is 1. The fourth-order valence-corrected chi connectivity index (χ4v) is 2.95. The minimum Gasteiger partial charge on any atom is -0.491 e. The molecule has 0 aliphatic carbocycles. The molecule has 3 rings (SSSR count). The van der Waals surface area contributed by atoms with Crippen molar-refractivity contribution in [2.75, 3.05) is 19.7 Å². The monoisotopic (exact) mass is 379 g/mol. The maximum atomic E-state index is 12.4. The first-order chi connectivity index (χ1) is 11.1. The van der Waals surface area contributed by atoms with Gasteiger partial charge in [0.2, 0.25) is 0 Å². The van der Waals surface area contributed by atoms with Gasteiger partial charge in [-0.1, -0.05) is 27.2 Å². The van der Waals surface area contributed by atoms with Crippen LogP contribution >= 0.6 is 15.9 Å². The van der Waals surface area contributed by atoms with Gasteiger partial charge in [-0.3, -0.25) is 0 Å². The maximum absolute atomic E-state index is 12.4. The van der Waals surface area contributed by atoms with Crippen LogP contribution in [0.3, 0.4) is 0 Å². The number of benzene rings is 1. The smallest absolute Gasteiger partial charge is 0.317 e. The average molecular weight is 380 g/mol. The number of fused-ring (bicyclic) bond motifs is 1. The molecule has 7 heteroatoms. The highest BCUT2D eigenvalue weighted by atomic mass is 79.9. The second-order valence-corrected chi connectivity index (χ2v) is 6.26. The van der Waals surface area contributed by atoms with E-state index in [1.54, 1.807) is 4.90 Å². The first-order valence-corrected chi connectivity index (χ1v) is 8.28. The lowest BCUT2D eigenvalue weighted by molar-refractivity contribution is 0.187. The molecule has 1 N–H and O–H groups in total. The van der Waals surface area contributed by atoms with E-state index in [-0.39, 0.29) is 6.03 Å². The van der Waals surface area contributed by atoms with Gasteiger partial charge in [0, 0.05) is 29.1 Å². The molecular weight excluding hydrogens is 362 g/mol. The quantitative estimate of drug-likeness (QED) is 0.889. The van der Waals surface area contributed by atoms with Crippen molar-refractivity contribution in [3.05, 3.63) is 45.8 Å². The van der Waals surface area contributed by atoms with Gasteiger partial charge >= 0.3 is 6.03 Å². The van der Waals surface area contributed by atoms with E-state index in [1.807, 2.05) is 31.2 Å². The summed E-state index contributed by atoms with van der Waals surface area (Å²) in [5, 5.41) is 6.75. The molecule has 1 aromatic carbocycles. The lowest BCUT2D eigenvalue weighted by Crippen LogP contribution is -2.41. The molecule has 0 radical (unpaired) electrons. The summed E-state index contributed by atoms with van der Waals surface area (Å²) in [6.07, 6.45) is 0.622. The van der Waals surface area contributed by atoms with Crippen LogP contribution in [0.4, 0.5) is 4.79 Å². The van der Waals surface area contributed by atoms with Crippen molar-refractivity contribution in [2.45, 2.75) is 19.9 Å². The summed E-state index contributed by atoms with van der Waals surface area (Å²) in [6, 6.07) is 7.58. The lowest BCUT2D eigenvalue weighted by atomic mass is 10.2. The van der Waals surface area contributed by atoms with Crippen molar-refractivity contribution in [3.63, 3.8) is 0 Å². The van der Waals surface area contributed by atoms with Crippen LogP contribution in [0.2, 0.25) is 0 Å². The highest BCUT2D eigenvalue weighted by Gasteiger charge is 2.21. The van der Waals surface area contributed by atoms with Crippen LogP contribution in [0.15, 0.2) is 33.3 Å². The summed E-state index contributed by atoms with van der Waals surface area (Å²) in [7, 11) is 0. The number of carbonyl (C=O) groups is 1. The lowest BCUT2D eigenvalue weighted by Gasteiger charge is -2.20. The fourth-order valence-electron chi connectivity index (χ4n) is 2.48. The fraction of sp³-hybridized carbons (Fsp3) is 0.375. The van der Waals surface area contributed by atoms with Gasteiger partial charge in [0.1, 0.15) is 18.1 Å². The highest BCUT2D eigenvalue weighted by molar-refractivity contribution is 9.10. The van der Waals surface area contributed by atoms with Crippen molar-refractivity contribution < 1.29 is 14.1 Å². The first-order valence-electron chi connectivity index (χ1n) is 7.48. The van der Waals surface area contributed by atoms with E-state index in [9.17, 15) is 4.79 Å². The molecular formula is C16H18BrN3O3. The largest absolute Gasteiger partial charge is 0.491 e. The van der Waals surface area contributed by atoms with Gasteiger partial charge in [0.15, 0.2) is 0 Å². The molecule has 6 nitrogen and oxygen atoms in total. The van der Waals surface area contributed by atoms with E-state index < -0.39 is 0 Å². The summed E-state index contributed by atoms with van der Waals surface area (Å²) in [5.41, 5.74) is 1.84. The van der Waals surface area contributed by atoms with E-state index in [1.165, 1.54) is 0 Å². The third kappa shape index (κ3) is 3.85. The van der Waals surface area contributed by atoms with Gasteiger partial charge in [0.25, 0.3) is 0 Å². The predicted molar refractivity (Wildman–Crippen MR) is 88.4 cm³/mol. The highest BCUT2D eigenvalue weighted by Crippen LogP contribution is 2.29. The number of nitrogens with one attached hydrogen (secondary N) is 1. The number of amides is 2. The summed E-state index contributed by atoms with van der Waals surface area (Å²) >= 11 is 3.52. The van der Waals surface area contributed by atoms with Crippen molar-refractivity contribution in [2.24, 2.45) is 0 Å². The van der Waals surface area contributed by atoms with Crippen LogP contribution in [0, 0.1) is 6.92 Å². The summed E-state index contributed by atoms with van der Waals surface area (Å²) in [5.74, 6) is 1.60. The van der Waals surface area contributed by atoms with Gasteiger partial charge in [-0.05, 0) is 19.1 Å². The number of halogens is 1. The number of rotatable bonds is 3. The maximum Gasteiger partial charge on any atom is 0.317 e. The van der Waals surface area contributed by atoms with E-state index in [0.29, 0.717) is 32.7 Å². The molecule has 0 spiro atoms. The van der Waals surface area contributed by atoms with Crippen LogP contribution in [-0.4, -0.2) is 35.8 Å². The van der Waals surface area contributed by atoms with E-state index >= 15 is 0 Å². The van der Waals surface area contributed by atoms with Crippen molar-refractivity contribution in [1.29, 1.82) is 0 Å². The zero-order valence-corrected chi connectivity index (χ0v) is 14.4. The summed E-state index contributed by atoms with van der Waals surface area (Å²) in [4.78, 5) is 14.1. The minimum atomic E-state index is -0.103. The van der Waals surface area contributed by atoms with Crippen LogP contribution in [-0.2, 0) is 13.0 Å². The Labute approximate surface area is 142 Å². The zero-order valence-electron chi connectivity index (χ0n) is 12.8. The van der Waals surface area contributed by atoms with Crippen molar-refractivity contribution in [3.8, 4) is 5.75 Å². The number of hydrogen-bond acceptors (Lipinski definition) is 4. The molecule has 0 saturated heterocycles. The van der Waals surface area contributed by atoms with Crippen LogP contribution < -0.4 is 10.1 Å². The number of aromatic nitrogens is 1. The number of aryl methyl sites for hydroxylation is 1. The van der Waals surface area contributed by atoms with E-state index in [0.717, 1.165) is 27.2 Å². The van der Waals surface area contributed by atoms with Crippen molar-refractivity contribution >= 4 is 22.0 Å². The molecule has 23 heavy (non-hydrogen) atoms. The average Bonchev–Trinajstić information content (AvgIpc) is 2.82. The molecule has 2 aromatic rings. The second kappa shape index (κ2) is 7.04. The topological polar surface area (TPSA) is 67.6 Å². The Morgan fingerprint density at radius 1 is 1.48 bits per heavy atom. The van der Waals surface area contributed by atoms with Crippen LogP contribution in [0.1, 0.15) is 17.0 Å². The van der Waals surface area contributed by atoms with Gasteiger partial charge in [-0.15, -0.1) is 0 Å². The molecule has 1 aromatic heterocycles. The standard InChI is InChI=1S/C16H18BrN3O3/c1-11-9-12(23-19-11)5-6-18-16(21)20-7-8-22-15-4-2-3-14(17)13(15)10-20/h2-4,9H,5-8,10H2,1H3,(H,18,21). The molecule has 1 aliphatic rings. The Kier molecular flexibility index (Phi) is 4.85. The van der Waals surface area contributed by atoms with Gasteiger partial charge in [0.05, 0.1) is 18.8 Å². The summed E-state index contributed by atoms with van der Waals surface area (Å²) < 4.78 is 11.8. The van der Waals surface area contributed by atoms with Crippen molar-refractivity contribution in [1.82, 2.24) is 15.4 Å². The predicted octanol–water partition coefficient (Wildman–Crippen LogP) is 2.89. The van der Waals surface area contributed by atoms with Gasteiger partial charge in [-0.25, -0.2) is 4.79 Å². The molecule has 122 valence electrons. The van der Waals surface area contributed by atoms with Crippen LogP contribution in [0.25, 0.3) is 0 Å². The molecule has 0 bridgehead atoms. The number of ether oxygens (including phenoxy) is 1. The first kappa shape index (κ1) is 15.9. The second-order valence-electron chi connectivity index (χ2n) is 5.40. The number of hydrogen-bond donors (Lipinski definition) is 1. The van der Waals surface area contributed by atoms with Gasteiger partial charge < -0.3 is 19.5 Å². The Bertz CT molecular complexity index is 702. The third-order valence-corrected chi connectivity index (χ3v) is 4.40. The number of carbonyl (C=O) groups excluding carboxylic acids is 1. The van der Waals surface area contributed by atoms with E-state index in [2.05, 4.69) is 26.4 Å². The molecule has 0 unspecified atom stereocenters.